The molecule has 0 aromatic carbocycles. The Morgan fingerprint density at radius 1 is 1.00 bits per heavy atom. The van der Waals surface area contributed by atoms with E-state index in [9.17, 15) is 0 Å². The molecule has 1 aromatic heterocycles. The van der Waals surface area contributed by atoms with E-state index < -0.39 is 0 Å². The van der Waals surface area contributed by atoms with Gasteiger partial charge >= 0.3 is 0 Å². The van der Waals surface area contributed by atoms with E-state index in [1.165, 1.54) is 25.7 Å². The Balaban J connectivity index is 2.22. The summed E-state index contributed by atoms with van der Waals surface area (Å²) in [7, 11) is 0. The molecule has 0 bridgehead atoms. The van der Waals surface area contributed by atoms with Gasteiger partial charge in [-0.05, 0) is 32.6 Å². The summed E-state index contributed by atoms with van der Waals surface area (Å²) in [6, 6.07) is 2.20. The van der Waals surface area contributed by atoms with Gasteiger partial charge < -0.3 is 9.80 Å². The molecule has 1 fully saturated rings. The van der Waals surface area contributed by atoms with Crippen molar-refractivity contribution in [1.29, 1.82) is 0 Å². The molecule has 0 N–H and O–H groups in total. The summed E-state index contributed by atoms with van der Waals surface area (Å²) in [6.07, 6.45) is 7.58. The van der Waals surface area contributed by atoms with Crippen molar-refractivity contribution < 1.29 is 0 Å². The summed E-state index contributed by atoms with van der Waals surface area (Å²) in [5.41, 5.74) is 0. The van der Waals surface area contributed by atoms with Crippen LogP contribution in [0.3, 0.4) is 0 Å². The maximum absolute atomic E-state index is 4.69. The van der Waals surface area contributed by atoms with Gasteiger partial charge in [-0.3, -0.25) is 0 Å². The van der Waals surface area contributed by atoms with Gasteiger partial charge in [-0.25, -0.2) is 9.97 Å². The second kappa shape index (κ2) is 8.20. The fourth-order valence-corrected chi connectivity index (χ4v) is 3.04. The average molecular weight is 290 g/mol. The SMILES string of the molecule is CCCN(CCC)c1cc(N2CCCCCC2)nc(C)n1. The molecule has 1 saturated heterocycles. The third-order valence-electron chi connectivity index (χ3n) is 4.05. The van der Waals surface area contributed by atoms with Crippen LogP contribution < -0.4 is 9.80 Å². The third kappa shape index (κ3) is 4.58. The predicted octanol–water partition coefficient (Wildman–Crippen LogP) is 3.79. The second-order valence-corrected chi connectivity index (χ2v) is 6.02. The van der Waals surface area contributed by atoms with Crippen molar-refractivity contribution in [2.24, 2.45) is 0 Å². The number of hydrogen-bond acceptors (Lipinski definition) is 4. The van der Waals surface area contributed by atoms with Crippen LogP contribution >= 0.6 is 0 Å². The van der Waals surface area contributed by atoms with Crippen LogP contribution in [0, 0.1) is 6.92 Å². The Bertz CT molecular complexity index is 399. The Labute approximate surface area is 129 Å². The van der Waals surface area contributed by atoms with Gasteiger partial charge in [0.25, 0.3) is 0 Å². The number of rotatable bonds is 6. The highest BCUT2D eigenvalue weighted by Crippen LogP contribution is 2.22. The molecule has 4 nitrogen and oxygen atoms in total. The first-order chi connectivity index (χ1) is 10.2. The topological polar surface area (TPSA) is 32.3 Å². The Morgan fingerprint density at radius 3 is 2.19 bits per heavy atom. The monoisotopic (exact) mass is 290 g/mol. The molecule has 2 rings (SSSR count). The van der Waals surface area contributed by atoms with Crippen molar-refractivity contribution in [2.75, 3.05) is 36.0 Å². The maximum Gasteiger partial charge on any atom is 0.134 e. The van der Waals surface area contributed by atoms with Crippen LogP contribution in [0.5, 0.6) is 0 Å². The number of aryl methyl sites for hydroxylation is 1. The molecule has 118 valence electrons. The molecular formula is C17H30N4. The first-order valence-corrected chi connectivity index (χ1v) is 8.60. The molecule has 1 aliphatic rings. The molecule has 0 amide bonds. The van der Waals surface area contributed by atoms with Gasteiger partial charge in [0.05, 0.1) is 0 Å². The highest BCUT2D eigenvalue weighted by atomic mass is 15.2. The molecule has 21 heavy (non-hydrogen) atoms. The van der Waals surface area contributed by atoms with Crippen molar-refractivity contribution in [2.45, 2.75) is 59.3 Å². The molecule has 0 radical (unpaired) electrons. The van der Waals surface area contributed by atoms with Crippen LogP contribution in [0.2, 0.25) is 0 Å². The summed E-state index contributed by atoms with van der Waals surface area (Å²) in [5.74, 6) is 3.12. The first-order valence-electron chi connectivity index (χ1n) is 8.60. The zero-order valence-corrected chi connectivity index (χ0v) is 13.9. The highest BCUT2D eigenvalue weighted by molar-refractivity contribution is 5.51. The van der Waals surface area contributed by atoms with Gasteiger partial charge in [-0.15, -0.1) is 0 Å². The van der Waals surface area contributed by atoms with Crippen molar-refractivity contribution in [3.05, 3.63) is 11.9 Å². The second-order valence-electron chi connectivity index (χ2n) is 6.02. The first kappa shape index (κ1) is 16.1. The lowest BCUT2D eigenvalue weighted by Crippen LogP contribution is -2.29. The van der Waals surface area contributed by atoms with Gasteiger partial charge in [0, 0.05) is 32.2 Å². The number of hydrogen-bond donors (Lipinski definition) is 0. The van der Waals surface area contributed by atoms with Crippen LogP contribution in [0.15, 0.2) is 6.07 Å². The van der Waals surface area contributed by atoms with Crippen molar-refractivity contribution in [3.63, 3.8) is 0 Å². The van der Waals surface area contributed by atoms with Gasteiger partial charge in [0.15, 0.2) is 0 Å². The van der Waals surface area contributed by atoms with Crippen molar-refractivity contribution in [1.82, 2.24) is 9.97 Å². The summed E-state index contributed by atoms with van der Waals surface area (Å²) in [5, 5.41) is 0. The number of nitrogens with zero attached hydrogens (tertiary/aromatic N) is 4. The van der Waals surface area contributed by atoms with Crippen LogP contribution in [-0.2, 0) is 0 Å². The molecule has 0 atom stereocenters. The van der Waals surface area contributed by atoms with Crippen molar-refractivity contribution in [3.8, 4) is 0 Å². The van der Waals surface area contributed by atoms with E-state index in [2.05, 4.69) is 39.7 Å². The summed E-state index contributed by atoms with van der Waals surface area (Å²) < 4.78 is 0. The van der Waals surface area contributed by atoms with E-state index in [0.717, 1.165) is 56.5 Å². The van der Waals surface area contributed by atoms with E-state index in [1.807, 2.05) is 6.92 Å². The molecule has 1 aliphatic heterocycles. The zero-order valence-electron chi connectivity index (χ0n) is 13.9. The minimum atomic E-state index is 0.893. The molecule has 0 aliphatic carbocycles. The summed E-state index contributed by atoms with van der Waals surface area (Å²) in [4.78, 5) is 14.2. The largest absolute Gasteiger partial charge is 0.356 e. The fraction of sp³-hybridized carbons (Fsp3) is 0.765. The zero-order chi connectivity index (χ0) is 15.1. The fourth-order valence-electron chi connectivity index (χ4n) is 3.04. The quantitative estimate of drug-likeness (QED) is 0.798. The molecule has 4 heteroatoms. The van der Waals surface area contributed by atoms with Crippen LogP contribution in [0.1, 0.15) is 58.2 Å². The molecular weight excluding hydrogens is 260 g/mol. The molecule has 1 aromatic rings. The average Bonchev–Trinajstić information content (AvgIpc) is 2.75. The van der Waals surface area contributed by atoms with E-state index in [1.54, 1.807) is 0 Å². The van der Waals surface area contributed by atoms with E-state index >= 15 is 0 Å². The third-order valence-corrected chi connectivity index (χ3v) is 4.05. The Hall–Kier alpha value is -1.32. The normalized spacial score (nSPS) is 15.9. The lowest BCUT2D eigenvalue weighted by molar-refractivity contribution is 0.724. The molecule has 0 saturated carbocycles. The number of aromatic nitrogens is 2. The highest BCUT2D eigenvalue weighted by Gasteiger charge is 2.15. The molecule has 0 spiro atoms. The van der Waals surface area contributed by atoms with Gasteiger partial charge in [-0.1, -0.05) is 26.7 Å². The van der Waals surface area contributed by atoms with Crippen LogP contribution in [0.25, 0.3) is 0 Å². The Kier molecular flexibility index (Phi) is 6.27. The summed E-state index contributed by atoms with van der Waals surface area (Å²) in [6.45, 7) is 10.9. The van der Waals surface area contributed by atoms with Crippen molar-refractivity contribution >= 4 is 11.6 Å². The number of anilines is 2. The molecule has 0 unspecified atom stereocenters. The minimum Gasteiger partial charge on any atom is -0.356 e. The lowest BCUT2D eigenvalue weighted by Gasteiger charge is -2.26. The smallest absolute Gasteiger partial charge is 0.134 e. The minimum absolute atomic E-state index is 0.893. The predicted molar refractivity (Wildman–Crippen MR) is 90.2 cm³/mol. The van der Waals surface area contributed by atoms with E-state index in [4.69, 9.17) is 0 Å². The summed E-state index contributed by atoms with van der Waals surface area (Å²) >= 11 is 0. The van der Waals surface area contributed by atoms with E-state index in [-0.39, 0.29) is 0 Å². The Morgan fingerprint density at radius 2 is 1.62 bits per heavy atom. The van der Waals surface area contributed by atoms with Crippen LogP contribution in [0.4, 0.5) is 11.6 Å². The maximum atomic E-state index is 4.69. The van der Waals surface area contributed by atoms with Gasteiger partial charge in [-0.2, -0.15) is 0 Å². The standard InChI is InChI=1S/C17H30N4/c1-4-10-20(11-5-2)16-14-17(19-15(3)18-16)21-12-8-6-7-9-13-21/h14H,4-13H2,1-3H3. The van der Waals surface area contributed by atoms with E-state index in [0.29, 0.717) is 0 Å². The molecule has 2 heterocycles. The lowest BCUT2D eigenvalue weighted by atomic mass is 10.2. The van der Waals surface area contributed by atoms with Gasteiger partial charge in [0.2, 0.25) is 0 Å². The van der Waals surface area contributed by atoms with Crippen LogP contribution in [-0.4, -0.2) is 36.1 Å². The van der Waals surface area contributed by atoms with Gasteiger partial charge in [0.1, 0.15) is 17.5 Å².